The Labute approximate surface area is 126 Å². The number of nitrogens with two attached hydrogens (primary N) is 1. The number of nitrogens with zero attached hydrogens (tertiary/aromatic N) is 1. The maximum absolute atomic E-state index is 11.8. The van der Waals surface area contributed by atoms with Crippen molar-refractivity contribution in [3.8, 4) is 0 Å². The summed E-state index contributed by atoms with van der Waals surface area (Å²) < 4.78 is 10.1. The summed E-state index contributed by atoms with van der Waals surface area (Å²) in [4.78, 5) is 16.0. The maximum atomic E-state index is 11.8. The molecule has 3 N–H and O–H groups in total. The van der Waals surface area contributed by atoms with E-state index in [0.29, 0.717) is 36.8 Å². The number of rotatable bonds is 8. The minimum absolute atomic E-state index is 0.0318. The lowest BCUT2D eigenvalue weighted by Crippen LogP contribution is -2.25. The normalized spacial score (nSPS) is 11.2. The molecule has 0 aliphatic carbocycles. The van der Waals surface area contributed by atoms with E-state index in [1.165, 1.54) is 0 Å². The lowest BCUT2D eigenvalue weighted by Gasteiger charge is -2.25. The summed E-state index contributed by atoms with van der Waals surface area (Å²) in [6.07, 6.45) is 2.46. The van der Waals surface area contributed by atoms with Gasteiger partial charge in [-0.1, -0.05) is 13.8 Å². The molecule has 0 spiro atoms. The van der Waals surface area contributed by atoms with Crippen molar-refractivity contribution in [2.75, 3.05) is 37.9 Å². The van der Waals surface area contributed by atoms with Gasteiger partial charge in [0.2, 0.25) is 0 Å². The largest absolute Gasteiger partial charge is 0.462 e. The van der Waals surface area contributed by atoms with Gasteiger partial charge in [0.1, 0.15) is 5.82 Å². The predicted molar refractivity (Wildman–Crippen MR) is 83.4 cm³/mol. The Morgan fingerprint density at radius 1 is 1.48 bits per heavy atom. The Morgan fingerprint density at radius 3 is 2.81 bits per heavy atom. The average molecular weight is 295 g/mol. The number of carbonyl (C=O) groups excluding carboxylic acids is 1. The first kappa shape index (κ1) is 17.2. The Bertz CT molecular complexity index is 475. The van der Waals surface area contributed by atoms with Crippen LogP contribution in [-0.4, -0.2) is 37.8 Å². The van der Waals surface area contributed by atoms with Crippen LogP contribution in [0.1, 0.15) is 37.6 Å². The molecule has 1 aromatic rings. The molecule has 0 aliphatic heterocycles. The van der Waals surface area contributed by atoms with Crippen LogP contribution in [0.25, 0.3) is 0 Å². The molecule has 0 atom stereocenters. The summed E-state index contributed by atoms with van der Waals surface area (Å²) in [5, 5.41) is 3.20. The number of esters is 1. The standard InChI is InChI=1S/C15H25N3O3/c1-5-21-14(19)11-6-8-17-13(12(11)16)18-10-15(2,3)7-9-20-4/h6,8H,5,7,9-10,16H2,1-4H3,(H,17,18). The molecule has 1 heterocycles. The average Bonchev–Trinajstić information content (AvgIpc) is 2.44. The van der Waals surface area contributed by atoms with Crippen molar-refractivity contribution in [1.29, 1.82) is 0 Å². The van der Waals surface area contributed by atoms with Gasteiger partial charge in [0.15, 0.2) is 0 Å². The SMILES string of the molecule is CCOC(=O)c1ccnc(NCC(C)(C)CCOC)c1N. The second-order valence-electron chi connectivity index (χ2n) is 5.60. The first-order chi connectivity index (χ1) is 9.91. The predicted octanol–water partition coefficient (Wildman–Crippen LogP) is 2.32. The van der Waals surface area contributed by atoms with Crippen molar-refractivity contribution in [2.24, 2.45) is 5.41 Å². The van der Waals surface area contributed by atoms with Crippen LogP contribution in [0.2, 0.25) is 0 Å². The number of hydrogen-bond acceptors (Lipinski definition) is 6. The van der Waals surface area contributed by atoms with Crippen LogP contribution in [0.3, 0.4) is 0 Å². The highest BCUT2D eigenvalue weighted by Gasteiger charge is 2.19. The van der Waals surface area contributed by atoms with Crippen LogP contribution in [-0.2, 0) is 9.47 Å². The molecule has 6 heteroatoms. The molecular formula is C15H25N3O3. The van der Waals surface area contributed by atoms with Crippen molar-refractivity contribution < 1.29 is 14.3 Å². The van der Waals surface area contributed by atoms with E-state index in [4.69, 9.17) is 15.2 Å². The van der Waals surface area contributed by atoms with Gasteiger partial charge < -0.3 is 20.5 Å². The summed E-state index contributed by atoms with van der Waals surface area (Å²) >= 11 is 0. The van der Waals surface area contributed by atoms with E-state index < -0.39 is 5.97 Å². The molecule has 0 aromatic carbocycles. The second kappa shape index (κ2) is 7.83. The molecule has 21 heavy (non-hydrogen) atoms. The first-order valence-electron chi connectivity index (χ1n) is 7.05. The minimum atomic E-state index is -0.431. The second-order valence-corrected chi connectivity index (χ2v) is 5.60. The minimum Gasteiger partial charge on any atom is -0.462 e. The lowest BCUT2D eigenvalue weighted by atomic mass is 9.90. The number of ether oxygens (including phenoxy) is 2. The molecule has 0 unspecified atom stereocenters. The number of nitrogen functional groups attached to an aromatic ring is 1. The van der Waals surface area contributed by atoms with Crippen molar-refractivity contribution in [3.63, 3.8) is 0 Å². The van der Waals surface area contributed by atoms with Crippen molar-refractivity contribution in [1.82, 2.24) is 4.98 Å². The van der Waals surface area contributed by atoms with Crippen LogP contribution in [0, 0.1) is 5.41 Å². The third-order valence-corrected chi connectivity index (χ3v) is 3.20. The van der Waals surface area contributed by atoms with E-state index in [9.17, 15) is 4.79 Å². The highest BCUT2D eigenvalue weighted by molar-refractivity contribution is 5.97. The number of anilines is 2. The highest BCUT2D eigenvalue weighted by Crippen LogP contribution is 2.25. The molecule has 0 saturated heterocycles. The number of hydrogen-bond donors (Lipinski definition) is 2. The molecule has 118 valence electrons. The van der Waals surface area contributed by atoms with Gasteiger partial charge in [-0.2, -0.15) is 0 Å². The molecule has 1 rings (SSSR count). The summed E-state index contributed by atoms with van der Waals surface area (Å²) in [5.74, 6) is 0.0742. The monoisotopic (exact) mass is 295 g/mol. The van der Waals surface area contributed by atoms with E-state index in [1.54, 1.807) is 26.3 Å². The zero-order valence-electron chi connectivity index (χ0n) is 13.2. The molecule has 1 aromatic heterocycles. The van der Waals surface area contributed by atoms with Gasteiger partial charge in [0, 0.05) is 26.5 Å². The summed E-state index contributed by atoms with van der Waals surface area (Å²) in [7, 11) is 1.69. The zero-order valence-corrected chi connectivity index (χ0v) is 13.2. The van der Waals surface area contributed by atoms with E-state index in [0.717, 1.165) is 6.42 Å². The van der Waals surface area contributed by atoms with Crippen LogP contribution in [0.15, 0.2) is 12.3 Å². The Balaban J connectivity index is 2.76. The first-order valence-corrected chi connectivity index (χ1v) is 7.05. The molecule has 0 fully saturated rings. The molecular weight excluding hydrogens is 270 g/mol. The van der Waals surface area contributed by atoms with Gasteiger partial charge in [-0.3, -0.25) is 0 Å². The van der Waals surface area contributed by atoms with Crippen molar-refractivity contribution >= 4 is 17.5 Å². The van der Waals surface area contributed by atoms with Crippen LogP contribution in [0.5, 0.6) is 0 Å². The van der Waals surface area contributed by atoms with Gasteiger partial charge >= 0.3 is 5.97 Å². The quantitative estimate of drug-likeness (QED) is 0.716. The summed E-state index contributed by atoms with van der Waals surface area (Å²) in [5.41, 5.74) is 6.68. The molecule has 0 radical (unpaired) electrons. The van der Waals surface area contributed by atoms with Gasteiger partial charge in [-0.05, 0) is 24.8 Å². The van der Waals surface area contributed by atoms with E-state index >= 15 is 0 Å². The van der Waals surface area contributed by atoms with Crippen molar-refractivity contribution in [2.45, 2.75) is 27.2 Å². The fraction of sp³-hybridized carbons (Fsp3) is 0.600. The van der Waals surface area contributed by atoms with Crippen molar-refractivity contribution in [3.05, 3.63) is 17.8 Å². The lowest BCUT2D eigenvalue weighted by molar-refractivity contribution is 0.0527. The number of pyridine rings is 1. The number of aromatic nitrogens is 1. The third kappa shape index (κ3) is 5.23. The fourth-order valence-corrected chi connectivity index (χ4v) is 1.79. The molecule has 0 bridgehead atoms. The van der Waals surface area contributed by atoms with E-state index in [1.807, 2.05) is 0 Å². The van der Waals surface area contributed by atoms with Gasteiger partial charge in [0.25, 0.3) is 0 Å². The third-order valence-electron chi connectivity index (χ3n) is 3.20. The maximum Gasteiger partial charge on any atom is 0.340 e. The molecule has 0 amide bonds. The number of methoxy groups -OCH3 is 1. The van der Waals surface area contributed by atoms with Gasteiger partial charge in [-0.25, -0.2) is 9.78 Å². The topological polar surface area (TPSA) is 86.5 Å². The molecule has 0 aliphatic rings. The highest BCUT2D eigenvalue weighted by atomic mass is 16.5. The van der Waals surface area contributed by atoms with Gasteiger partial charge in [0.05, 0.1) is 17.9 Å². The van der Waals surface area contributed by atoms with E-state index in [2.05, 4.69) is 24.1 Å². The zero-order chi connectivity index (χ0) is 15.9. The van der Waals surface area contributed by atoms with Crippen LogP contribution in [0.4, 0.5) is 11.5 Å². The summed E-state index contributed by atoms with van der Waals surface area (Å²) in [6, 6.07) is 1.56. The van der Waals surface area contributed by atoms with Crippen LogP contribution >= 0.6 is 0 Å². The fourth-order valence-electron chi connectivity index (χ4n) is 1.79. The molecule has 6 nitrogen and oxygen atoms in total. The van der Waals surface area contributed by atoms with Crippen LogP contribution < -0.4 is 11.1 Å². The van der Waals surface area contributed by atoms with Gasteiger partial charge in [-0.15, -0.1) is 0 Å². The smallest absolute Gasteiger partial charge is 0.340 e. The van der Waals surface area contributed by atoms with E-state index in [-0.39, 0.29) is 5.41 Å². The molecule has 0 saturated carbocycles. The number of nitrogens with one attached hydrogen (secondary N) is 1. The Hall–Kier alpha value is -1.82. The summed E-state index contributed by atoms with van der Waals surface area (Å²) in [6.45, 7) is 7.70. The number of carbonyl (C=O) groups is 1. The Morgan fingerprint density at radius 2 is 2.19 bits per heavy atom. The Kier molecular flexibility index (Phi) is 6.42.